The lowest BCUT2D eigenvalue weighted by molar-refractivity contribution is -0.143. The first-order chi connectivity index (χ1) is 11.0. The highest BCUT2D eigenvalue weighted by atomic mass is 16.5. The van der Waals surface area contributed by atoms with Crippen LogP contribution in [0.4, 0.5) is 0 Å². The summed E-state index contributed by atoms with van der Waals surface area (Å²) in [6.45, 7) is 3.71. The molecule has 1 aliphatic rings. The van der Waals surface area contributed by atoms with Crippen molar-refractivity contribution in [1.82, 2.24) is 4.90 Å². The molecule has 23 heavy (non-hydrogen) atoms. The van der Waals surface area contributed by atoms with E-state index in [1.54, 1.807) is 18.0 Å². The number of likely N-dealkylation sites (N-methyl/N-ethyl adjacent to an activating group) is 1. The number of esters is 1. The number of ether oxygens (including phenoxy) is 2. The average Bonchev–Trinajstić information content (AvgIpc) is 2.55. The number of benzene rings is 1. The first-order valence-electron chi connectivity index (χ1n) is 7.83. The van der Waals surface area contributed by atoms with E-state index in [-0.39, 0.29) is 24.0 Å². The van der Waals surface area contributed by atoms with Crippen molar-refractivity contribution >= 4 is 11.9 Å². The topological polar surface area (TPSA) is 55.8 Å². The molecule has 0 spiro atoms. The summed E-state index contributed by atoms with van der Waals surface area (Å²) in [6, 6.07) is 9.85. The van der Waals surface area contributed by atoms with Gasteiger partial charge in [-0.15, -0.1) is 0 Å². The summed E-state index contributed by atoms with van der Waals surface area (Å²) in [4.78, 5) is 24.8. The summed E-state index contributed by atoms with van der Waals surface area (Å²) in [6.07, 6.45) is 2.88. The SMILES string of the molecule is CC(=O)OCCC/C=C1\O[C@H](c2ccccc2)[C@H](C)N(C)C1=O. The van der Waals surface area contributed by atoms with Gasteiger partial charge in [0.15, 0.2) is 5.76 Å². The molecule has 0 radical (unpaired) electrons. The Hall–Kier alpha value is -2.30. The monoisotopic (exact) mass is 317 g/mol. The minimum Gasteiger partial charge on any atom is -0.478 e. The molecule has 1 aliphatic heterocycles. The maximum atomic E-state index is 12.3. The number of allylic oxidation sites excluding steroid dienone is 1. The minimum absolute atomic E-state index is 0.0388. The van der Waals surface area contributed by atoms with Crippen LogP contribution in [-0.4, -0.2) is 36.5 Å². The summed E-state index contributed by atoms with van der Waals surface area (Å²) >= 11 is 0. The van der Waals surface area contributed by atoms with Gasteiger partial charge in [-0.05, 0) is 31.4 Å². The maximum absolute atomic E-state index is 12.3. The van der Waals surface area contributed by atoms with Crippen LogP contribution in [0, 0.1) is 0 Å². The fourth-order valence-corrected chi connectivity index (χ4v) is 2.50. The van der Waals surface area contributed by atoms with Crippen molar-refractivity contribution in [2.45, 2.75) is 38.8 Å². The first-order valence-corrected chi connectivity index (χ1v) is 7.83. The highest BCUT2D eigenvalue weighted by Gasteiger charge is 2.36. The molecule has 1 aromatic carbocycles. The van der Waals surface area contributed by atoms with Crippen LogP contribution in [0.1, 0.15) is 38.4 Å². The molecule has 1 saturated heterocycles. The zero-order valence-corrected chi connectivity index (χ0v) is 13.8. The molecule has 0 aromatic heterocycles. The van der Waals surface area contributed by atoms with Crippen LogP contribution in [0.2, 0.25) is 0 Å². The van der Waals surface area contributed by atoms with Gasteiger partial charge < -0.3 is 14.4 Å². The van der Waals surface area contributed by atoms with Gasteiger partial charge in [-0.3, -0.25) is 9.59 Å². The largest absolute Gasteiger partial charge is 0.478 e. The Morgan fingerprint density at radius 2 is 2.04 bits per heavy atom. The molecule has 0 N–H and O–H groups in total. The summed E-state index contributed by atoms with van der Waals surface area (Å²) in [5.41, 5.74) is 1.05. The van der Waals surface area contributed by atoms with Gasteiger partial charge >= 0.3 is 5.97 Å². The van der Waals surface area contributed by atoms with Gasteiger partial charge in [0.1, 0.15) is 6.10 Å². The molecule has 1 amide bonds. The normalized spacial score (nSPS) is 22.8. The van der Waals surface area contributed by atoms with E-state index in [0.717, 1.165) is 5.56 Å². The minimum atomic E-state index is -0.291. The lowest BCUT2D eigenvalue weighted by atomic mass is 10.00. The predicted molar refractivity (Wildman–Crippen MR) is 86.5 cm³/mol. The van der Waals surface area contributed by atoms with E-state index >= 15 is 0 Å². The van der Waals surface area contributed by atoms with E-state index in [1.165, 1.54) is 6.92 Å². The number of hydrogen-bond acceptors (Lipinski definition) is 4. The van der Waals surface area contributed by atoms with E-state index in [1.807, 2.05) is 37.3 Å². The molecule has 5 heteroatoms. The molecule has 124 valence electrons. The van der Waals surface area contributed by atoms with E-state index < -0.39 is 0 Å². The second-order valence-corrected chi connectivity index (χ2v) is 5.66. The van der Waals surface area contributed by atoms with Crippen LogP contribution < -0.4 is 0 Å². The Morgan fingerprint density at radius 1 is 1.35 bits per heavy atom. The predicted octanol–water partition coefficient (Wildman–Crippen LogP) is 2.83. The Balaban J connectivity index is 2.04. The Labute approximate surface area is 136 Å². The number of carbonyl (C=O) groups excluding carboxylic acids is 2. The zero-order valence-electron chi connectivity index (χ0n) is 13.8. The van der Waals surface area contributed by atoms with Gasteiger partial charge in [-0.25, -0.2) is 0 Å². The van der Waals surface area contributed by atoms with E-state index in [4.69, 9.17) is 9.47 Å². The van der Waals surface area contributed by atoms with Crippen molar-refractivity contribution in [3.05, 3.63) is 47.7 Å². The summed E-state index contributed by atoms with van der Waals surface area (Å²) < 4.78 is 10.8. The first kappa shape index (κ1) is 17.1. The number of carbonyl (C=O) groups is 2. The van der Waals surface area contributed by atoms with Crippen LogP contribution in [0.25, 0.3) is 0 Å². The fraction of sp³-hybridized carbons (Fsp3) is 0.444. The number of hydrogen-bond donors (Lipinski definition) is 0. The van der Waals surface area contributed by atoms with Gasteiger partial charge in [0.05, 0.1) is 12.6 Å². The van der Waals surface area contributed by atoms with Gasteiger partial charge in [-0.2, -0.15) is 0 Å². The molecular weight excluding hydrogens is 294 g/mol. The third kappa shape index (κ3) is 4.34. The van der Waals surface area contributed by atoms with Crippen molar-refractivity contribution in [3.8, 4) is 0 Å². The van der Waals surface area contributed by atoms with Crippen molar-refractivity contribution in [1.29, 1.82) is 0 Å². The molecule has 1 aromatic rings. The molecule has 0 unspecified atom stereocenters. The second-order valence-electron chi connectivity index (χ2n) is 5.66. The molecule has 5 nitrogen and oxygen atoms in total. The Bertz CT molecular complexity index is 582. The highest BCUT2D eigenvalue weighted by Crippen LogP contribution is 2.32. The number of amides is 1. The van der Waals surface area contributed by atoms with Crippen LogP contribution >= 0.6 is 0 Å². The van der Waals surface area contributed by atoms with Gasteiger partial charge in [0.2, 0.25) is 0 Å². The number of unbranched alkanes of at least 4 members (excludes halogenated alkanes) is 1. The molecule has 0 aliphatic carbocycles. The number of rotatable bonds is 5. The van der Waals surface area contributed by atoms with E-state index in [9.17, 15) is 9.59 Å². The average molecular weight is 317 g/mol. The second kappa shape index (κ2) is 7.81. The maximum Gasteiger partial charge on any atom is 0.302 e. The fourth-order valence-electron chi connectivity index (χ4n) is 2.50. The van der Waals surface area contributed by atoms with Gasteiger partial charge in [-0.1, -0.05) is 30.3 Å². The molecule has 0 bridgehead atoms. The lowest BCUT2D eigenvalue weighted by Crippen LogP contribution is -2.45. The molecule has 0 saturated carbocycles. The Kier molecular flexibility index (Phi) is 5.79. The van der Waals surface area contributed by atoms with Crippen molar-refractivity contribution < 1.29 is 19.1 Å². The Morgan fingerprint density at radius 3 is 2.70 bits per heavy atom. The molecular formula is C18H23NO4. The van der Waals surface area contributed by atoms with E-state index in [2.05, 4.69) is 0 Å². The molecule has 2 rings (SSSR count). The van der Waals surface area contributed by atoms with Crippen molar-refractivity contribution in [3.63, 3.8) is 0 Å². The summed E-state index contributed by atoms with van der Waals surface area (Å²) in [5, 5.41) is 0. The summed E-state index contributed by atoms with van der Waals surface area (Å²) in [7, 11) is 1.79. The highest BCUT2D eigenvalue weighted by molar-refractivity contribution is 5.92. The smallest absolute Gasteiger partial charge is 0.302 e. The third-order valence-corrected chi connectivity index (χ3v) is 3.95. The number of nitrogens with zero attached hydrogens (tertiary/aromatic N) is 1. The van der Waals surface area contributed by atoms with Crippen LogP contribution in [0.15, 0.2) is 42.2 Å². The van der Waals surface area contributed by atoms with Gasteiger partial charge in [0.25, 0.3) is 5.91 Å². The molecule has 1 fully saturated rings. The lowest BCUT2D eigenvalue weighted by Gasteiger charge is -2.38. The zero-order chi connectivity index (χ0) is 16.8. The van der Waals surface area contributed by atoms with Gasteiger partial charge in [0, 0.05) is 14.0 Å². The van der Waals surface area contributed by atoms with Crippen LogP contribution in [-0.2, 0) is 19.1 Å². The molecule has 1 heterocycles. The summed E-state index contributed by atoms with van der Waals surface area (Å²) in [5.74, 6) is -0.0419. The van der Waals surface area contributed by atoms with Crippen molar-refractivity contribution in [2.75, 3.05) is 13.7 Å². The number of morpholine rings is 1. The quantitative estimate of drug-likeness (QED) is 0.476. The molecule has 2 atom stereocenters. The van der Waals surface area contributed by atoms with Crippen LogP contribution in [0.5, 0.6) is 0 Å². The standard InChI is InChI=1S/C18H23NO4/c1-13-17(15-9-5-4-6-10-15)23-16(18(21)19(13)3)11-7-8-12-22-14(2)20/h4-6,9-11,13,17H,7-8,12H2,1-3H3/b16-11-/t13-,17-/m0/s1. The van der Waals surface area contributed by atoms with Crippen molar-refractivity contribution in [2.24, 2.45) is 0 Å². The van der Waals surface area contributed by atoms with Crippen LogP contribution in [0.3, 0.4) is 0 Å². The van der Waals surface area contributed by atoms with E-state index in [0.29, 0.717) is 25.2 Å². The third-order valence-electron chi connectivity index (χ3n) is 3.95.